The molecule has 7 rings (SSSR count). The molecule has 4 atom stereocenters. The van der Waals surface area contributed by atoms with Gasteiger partial charge in [0.1, 0.15) is 23.0 Å². The van der Waals surface area contributed by atoms with Crippen LogP contribution in [0, 0.1) is 28.9 Å². The lowest BCUT2D eigenvalue weighted by atomic mass is 9.72. The van der Waals surface area contributed by atoms with Crippen LogP contribution in [0.4, 0.5) is 14.6 Å². The summed E-state index contributed by atoms with van der Waals surface area (Å²) in [5.74, 6) is -0.509. The third-order valence-electron chi connectivity index (χ3n) is 9.17. The van der Waals surface area contributed by atoms with Crippen LogP contribution in [0.5, 0.6) is 0 Å². The Kier molecular flexibility index (Phi) is 4.91. The maximum absolute atomic E-state index is 15.0. The van der Waals surface area contributed by atoms with Crippen molar-refractivity contribution in [3.8, 4) is 5.69 Å². The summed E-state index contributed by atoms with van der Waals surface area (Å²) >= 11 is 0. The highest BCUT2D eigenvalue weighted by molar-refractivity contribution is 5.99. The Morgan fingerprint density at radius 2 is 1.97 bits per heavy atom. The van der Waals surface area contributed by atoms with Crippen LogP contribution in [0.1, 0.15) is 62.2 Å². The summed E-state index contributed by atoms with van der Waals surface area (Å²) < 4.78 is 30.1. The summed E-state index contributed by atoms with van der Waals surface area (Å²) in [6, 6.07) is 6.21. The minimum Gasteiger partial charge on any atom is -0.347 e. The molecule has 4 aliphatic rings. The number of hydrogen-bond donors (Lipinski definition) is 1. The summed E-state index contributed by atoms with van der Waals surface area (Å²) in [5, 5.41) is 3.27. The van der Waals surface area contributed by atoms with E-state index in [4.69, 9.17) is 0 Å². The first-order valence-corrected chi connectivity index (χ1v) is 13.3. The fraction of sp³-hybridized carbons (Fsp3) is 0.448. The molecule has 9 heteroatoms. The van der Waals surface area contributed by atoms with E-state index in [9.17, 15) is 18.8 Å². The van der Waals surface area contributed by atoms with Crippen molar-refractivity contribution in [3.05, 3.63) is 63.9 Å². The molecule has 1 spiro atoms. The fourth-order valence-corrected chi connectivity index (χ4v) is 7.70. The number of halogens is 2. The van der Waals surface area contributed by atoms with Gasteiger partial charge >= 0.3 is 0 Å². The van der Waals surface area contributed by atoms with E-state index >= 15 is 4.39 Å². The molecule has 1 saturated heterocycles. The second-order valence-corrected chi connectivity index (χ2v) is 12.0. The van der Waals surface area contributed by atoms with Crippen molar-refractivity contribution in [2.24, 2.45) is 17.3 Å². The summed E-state index contributed by atoms with van der Waals surface area (Å²) in [5.41, 5.74) is -0.694. The molecule has 2 bridgehead atoms. The van der Waals surface area contributed by atoms with Crippen molar-refractivity contribution in [1.82, 2.24) is 14.9 Å². The van der Waals surface area contributed by atoms with Crippen molar-refractivity contribution in [2.45, 2.75) is 57.4 Å². The van der Waals surface area contributed by atoms with Crippen molar-refractivity contribution < 1.29 is 18.4 Å². The number of pyridine rings is 2. The summed E-state index contributed by atoms with van der Waals surface area (Å²) in [4.78, 5) is 45.6. The molecule has 2 aromatic heterocycles. The molecule has 38 heavy (non-hydrogen) atoms. The van der Waals surface area contributed by atoms with E-state index in [1.807, 2.05) is 0 Å². The Bertz CT molecular complexity index is 1600. The van der Waals surface area contributed by atoms with Crippen molar-refractivity contribution in [1.29, 1.82) is 0 Å². The average Bonchev–Trinajstić information content (AvgIpc) is 3.16. The molecule has 1 aromatic carbocycles. The van der Waals surface area contributed by atoms with Gasteiger partial charge in [0.05, 0.1) is 11.1 Å². The number of rotatable bonds is 4. The molecule has 1 N–H and O–H groups in total. The van der Waals surface area contributed by atoms with E-state index in [0.29, 0.717) is 36.5 Å². The van der Waals surface area contributed by atoms with Crippen molar-refractivity contribution >= 4 is 28.7 Å². The Balaban J connectivity index is 1.34. The van der Waals surface area contributed by atoms with Gasteiger partial charge in [0.25, 0.3) is 5.91 Å². The van der Waals surface area contributed by atoms with Gasteiger partial charge in [-0.25, -0.2) is 13.8 Å². The van der Waals surface area contributed by atoms with E-state index in [-0.39, 0.29) is 28.2 Å². The van der Waals surface area contributed by atoms with Gasteiger partial charge in [-0.1, -0.05) is 0 Å². The van der Waals surface area contributed by atoms with Crippen LogP contribution < -0.4 is 15.6 Å². The molecule has 4 fully saturated rings. The van der Waals surface area contributed by atoms with Gasteiger partial charge in [-0.3, -0.25) is 23.9 Å². The summed E-state index contributed by atoms with van der Waals surface area (Å²) in [6.45, 7) is 2.55. The number of amides is 2. The number of aromatic nitrogens is 2. The standard InChI is InChI=1S/C29H28F2N4O3/c1-28(11-16-9-17-13-29(17,12-16)15-28)33-27(38)20-14-35(22-6-4-18(30)10-21(22)31)26-19(25(20)37)5-7-23(32-26)34-8-2-3-24(34)36/h4-7,10,14,16-17H,2-3,8-9,11-13,15H2,1H3,(H,33,38). The average molecular weight is 519 g/mol. The lowest BCUT2D eigenvalue weighted by Gasteiger charge is -2.40. The highest BCUT2D eigenvalue weighted by Gasteiger charge is 2.65. The molecule has 3 aliphatic carbocycles. The smallest absolute Gasteiger partial charge is 0.257 e. The van der Waals surface area contributed by atoms with Gasteiger partial charge in [0.2, 0.25) is 11.3 Å². The summed E-state index contributed by atoms with van der Waals surface area (Å²) in [6.07, 6.45) is 7.82. The topological polar surface area (TPSA) is 84.3 Å². The molecule has 3 saturated carbocycles. The minimum atomic E-state index is -0.861. The first-order chi connectivity index (χ1) is 18.1. The van der Waals surface area contributed by atoms with Crippen LogP contribution in [0.25, 0.3) is 16.7 Å². The Hall–Kier alpha value is -3.62. The Morgan fingerprint density at radius 1 is 1.13 bits per heavy atom. The summed E-state index contributed by atoms with van der Waals surface area (Å²) in [7, 11) is 0. The first-order valence-electron chi connectivity index (χ1n) is 13.3. The molecular formula is C29H28F2N4O3. The second-order valence-electron chi connectivity index (χ2n) is 12.0. The van der Waals surface area contributed by atoms with E-state index in [2.05, 4.69) is 17.2 Å². The van der Waals surface area contributed by atoms with E-state index in [1.54, 1.807) is 6.07 Å². The zero-order chi connectivity index (χ0) is 26.4. The van der Waals surface area contributed by atoms with Crippen molar-refractivity contribution in [2.75, 3.05) is 11.4 Å². The third-order valence-corrected chi connectivity index (χ3v) is 9.17. The zero-order valence-electron chi connectivity index (χ0n) is 21.1. The molecule has 7 nitrogen and oxygen atoms in total. The monoisotopic (exact) mass is 518 g/mol. The number of fused-ring (bicyclic) bond motifs is 2. The first kappa shape index (κ1) is 23.5. The Labute approximate surface area is 217 Å². The SMILES string of the molecule is CC1(NC(=O)c2cn(-c3ccc(F)cc3F)c3nc(N4CCCC4=O)ccc3c2=O)CC2CC3CC3(C2)C1. The van der Waals surface area contributed by atoms with Crippen LogP contribution in [-0.2, 0) is 4.79 Å². The largest absolute Gasteiger partial charge is 0.347 e. The minimum absolute atomic E-state index is 0.0514. The molecular weight excluding hydrogens is 490 g/mol. The van der Waals surface area contributed by atoms with E-state index in [0.717, 1.165) is 30.9 Å². The molecule has 3 aromatic rings. The second kappa shape index (κ2) is 7.94. The third kappa shape index (κ3) is 3.58. The number of carbonyl (C=O) groups excluding carboxylic acids is 2. The number of nitrogens with one attached hydrogen (secondary N) is 1. The maximum atomic E-state index is 15.0. The molecule has 2 amide bonds. The molecule has 1 aliphatic heterocycles. The van der Waals surface area contributed by atoms with Gasteiger partial charge < -0.3 is 5.32 Å². The Morgan fingerprint density at radius 3 is 2.71 bits per heavy atom. The van der Waals surface area contributed by atoms with E-state index < -0.39 is 28.5 Å². The fourth-order valence-electron chi connectivity index (χ4n) is 7.70. The van der Waals surface area contributed by atoms with Crippen LogP contribution >= 0.6 is 0 Å². The quantitative estimate of drug-likeness (QED) is 0.552. The lowest BCUT2D eigenvalue weighted by molar-refractivity contribution is -0.117. The van der Waals surface area contributed by atoms with Gasteiger partial charge in [-0.05, 0) is 87.0 Å². The molecule has 0 radical (unpaired) electrons. The van der Waals surface area contributed by atoms with Crippen molar-refractivity contribution in [3.63, 3.8) is 0 Å². The van der Waals surface area contributed by atoms with Gasteiger partial charge in [0, 0.05) is 30.8 Å². The molecule has 4 unspecified atom stereocenters. The van der Waals surface area contributed by atoms with Crippen LogP contribution in [0.15, 0.2) is 41.3 Å². The normalized spacial score (nSPS) is 29.6. The number of nitrogens with zero attached hydrogens (tertiary/aromatic N) is 3. The van der Waals surface area contributed by atoms with Gasteiger partial charge in [0.15, 0.2) is 5.65 Å². The van der Waals surface area contributed by atoms with Crippen LogP contribution in [-0.4, -0.2) is 33.4 Å². The number of hydrogen-bond acceptors (Lipinski definition) is 4. The van der Waals surface area contributed by atoms with Crippen LogP contribution in [0.3, 0.4) is 0 Å². The zero-order valence-corrected chi connectivity index (χ0v) is 21.1. The predicted molar refractivity (Wildman–Crippen MR) is 137 cm³/mol. The highest BCUT2D eigenvalue weighted by atomic mass is 19.1. The predicted octanol–water partition coefficient (Wildman–Crippen LogP) is 4.49. The van der Waals surface area contributed by atoms with Gasteiger partial charge in [-0.2, -0.15) is 0 Å². The molecule has 3 heterocycles. The van der Waals surface area contributed by atoms with Crippen LogP contribution in [0.2, 0.25) is 0 Å². The highest BCUT2D eigenvalue weighted by Crippen LogP contribution is 2.72. The number of anilines is 1. The lowest BCUT2D eigenvalue weighted by Crippen LogP contribution is -2.51. The molecule has 196 valence electrons. The van der Waals surface area contributed by atoms with E-state index in [1.165, 1.54) is 47.1 Å². The van der Waals surface area contributed by atoms with Gasteiger partial charge in [-0.15, -0.1) is 0 Å². The maximum Gasteiger partial charge on any atom is 0.257 e. The number of benzene rings is 1. The number of carbonyl (C=O) groups is 2.